The van der Waals surface area contributed by atoms with Gasteiger partial charge in [-0.25, -0.2) is 0 Å². The number of aliphatic imine (C=N–C) groups is 1. The van der Waals surface area contributed by atoms with Crippen molar-refractivity contribution in [3.63, 3.8) is 0 Å². The van der Waals surface area contributed by atoms with Crippen molar-refractivity contribution in [1.82, 2.24) is 20.4 Å². The lowest BCUT2D eigenvalue weighted by atomic mass is 9.65. The molecule has 0 unspecified atom stereocenters. The minimum atomic E-state index is 0.0853. The van der Waals surface area contributed by atoms with Gasteiger partial charge in [0.1, 0.15) is 0 Å². The fourth-order valence-corrected chi connectivity index (χ4v) is 2.27. The first-order valence-electron chi connectivity index (χ1n) is 6.55. The summed E-state index contributed by atoms with van der Waals surface area (Å²) in [5.74, 6) is 2.11. The zero-order valence-corrected chi connectivity index (χ0v) is 12.6. The smallest absolute Gasteiger partial charge is 0.223 e. The summed E-state index contributed by atoms with van der Waals surface area (Å²) in [7, 11) is 1.80. The van der Waals surface area contributed by atoms with Crippen LogP contribution in [-0.2, 0) is 6.54 Å². The van der Waals surface area contributed by atoms with Gasteiger partial charge in [-0.15, -0.1) is 0 Å². The van der Waals surface area contributed by atoms with Crippen molar-refractivity contribution in [3.05, 3.63) is 11.7 Å². The van der Waals surface area contributed by atoms with Gasteiger partial charge in [0, 0.05) is 31.5 Å². The minimum Gasteiger partial charge on any atom is -0.349 e. The third-order valence-electron chi connectivity index (χ3n) is 4.33. The Kier molecular flexibility index (Phi) is 3.28. The summed E-state index contributed by atoms with van der Waals surface area (Å²) >= 11 is 0. The summed E-state index contributed by atoms with van der Waals surface area (Å²) in [4.78, 5) is 10.8. The Morgan fingerprint density at radius 1 is 1.42 bits per heavy atom. The van der Waals surface area contributed by atoms with E-state index in [1.165, 1.54) is 0 Å². The zero-order chi connectivity index (χ0) is 14.3. The third-order valence-corrected chi connectivity index (χ3v) is 4.33. The highest BCUT2D eigenvalue weighted by Gasteiger charge is 2.53. The van der Waals surface area contributed by atoms with Crippen molar-refractivity contribution in [2.75, 3.05) is 13.6 Å². The lowest BCUT2D eigenvalue weighted by Gasteiger charge is -2.62. The maximum atomic E-state index is 4.95. The highest BCUT2D eigenvalue weighted by molar-refractivity contribution is 5.81. The zero-order valence-electron chi connectivity index (χ0n) is 12.6. The second-order valence-electron chi connectivity index (χ2n) is 6.16. The number of rotatable bonds is 2. The van der Waals surface area contributed by atoms with Crippen LogP contribution in [0.4, 0.5) is 0 Å². The first-order chi connectivity index (χ1) is 8.78. The molecule has 0 atom stereocenters. The molecule has 0 radical (unpaired) electrons. The first-order valence-corrected chi connectivity index (χ1v) is 6.55. The number of aromatic nitrogens is 2. The number of guanidine groups is 1. The van der Waals surface area contributed by atoms with Crippen LogP contribution in [0.15, 0.2) is 9.52 Å². The standard InChI is InChI=1S/C13H23N5O/c1-9-16-10(17-19-9)7-15-11(14-6)18-8-12(2,3)13(18,4)5/h7-8H2,1-6H3,(H,14,15). The molecule has 1 saturated heterocycles. The van der Waals surface area contributed by atoms with Crippen molar-refractivity contribution in [2.45, 2.75) is 46.7 Å². The molecular weight excluding hydrogens is 242 g/mol. The molecule has 0 amide bonds. The number of nitrogens with one attached hydrogen (secondary N) is 1. The molecule has 1 N–H and O–H groups in total. The molecule has 1 aromatic rings. The van der Waals surface area contributed by atoms with Crippen LogP contribution in [0, 0.1) is 12.3 Å². The van der Waals surface area contributed by atoms with E-state index in [0.717, 1.165) is 12.5 Å². The van der Waals surface area contributed by atoms with E-state index in [-0.39, 0.29) is 11.0 Å². The van der Waals surface area contributed by atoms with Crippen molar-refractivity contribution in [1.29, 1.82) is 0 Å². The van der Waals surface area contributed by atoms with Gasteiger partial charge in [0.15, 0.2) is 11.8 Å². The molecule has 6 nitrogen and oxygen atoms in total. The molecular formula is C13H23N5O. The predicted molar refractivity (Wildman–Crippen MR) is 73.8 cm³/mol. The van der Waals surface area contributed by atoms with Crippen molar-refractivity contribution in [3.8, 4) is 0 Å². The Morgan fingerprint density at radius 2 is 2.11 bits per heavy atom. The van der Waals surface area contributed by atoms with E-state index in [1.807, 2.05) is 0 Å². The van der Waals surface area contributed by atoms with E-state index in [1.54, 1.807) is 14.0 Å². The van der Waals surface area contributed by atoms with E-state index < -0.39 is 0 Å². The van der Waals surface area contributed by atoms with Gasteiger partial charge in [0.2, 0.25) is 5.89 Å². The lowest BCUT2D eigenvalue weighted by molar-refractivity contribution is -0.0668. The first kappa shape index (κ1) is 13.8. The highest BCUT2D eigenvalue weighted by atomic mass is 16.5. The average molecular weight is 265 g/mol. The molecule has 0 aliphatic carbocycles. The topological polar surface area (TPSA) is 66.5 Å². The quantitative estimate of drug-likeness (QED) is 0.649. The van der Waals surface area contributed by atoms with Gasteiger partial charge in [-0.05, 0) is 13.8 Å². The molecule has 1 fully saturated rings. The Bertz CT molecular complexity index is 489. The SMILES string of the molecule is CN=C(NCc1noc(C)n1)N1CC(C)(C)C1(C)C. The Balaban J connectivity index is 1.99. The Labute approximate surface area is 114 Å². The van der Waals surface area contributed by atoms with Crippen LogP contribution >= 0.6 is 0 Å². The van der Waals surface area contributed by atoms with Crippen LogP contribution in [-0.4, -0.2) is 40.1 Å². The van der Waals surface area contributed by atoms with Gasteiger partial charge in [-0.2, -0.15) is 4.98 Å². The maximum absolute atomic E-state index is 4.95. The third kappa shape index (κ3) is 2.31. The van der Waals surface area contributed by atoms with Crippen LogP contribution in [0.3, 0.4) is 0 Å². The van der Waals surface area contributed by atoms with Crippen molar-refractivity contribution in [2.24, 2.45) is 10.4 Å². The summed E-state index contributed by atoms with van der Waals surface area (Å²) in [5, 5.41) is 7.15. The van der Waals surface area contributed by atoms with Gasteiger partial charge in [0.05, 0.1) is 6.54 Å². The summed E-state index contributed by atoms with van der Waals surface area (Å²) in [5.41, 5.74) is 0.370. The number of likely N-dealkylation sites (tertiary alicyclic amines) is 1. The monoisotopic (exact) mass is 265 g/mol. The second kappa shape index (κ2) is 4.51. The van der Waals surface area contributed by atoms with Crippen LogP contribution in [0.1, 0.15) is 39.4 Å². The molecule has 106 valence electrons. The normalized spacial score (nSPS) is 21.2. The molecule has 2 rings (SSSR count). The number of aryl methyl sites for hydroxylation is 1. The van der Waals surface area contributed by atoms with Gasteiger partial charge < -0.3 is 14.7 Å². The molecule has 0 aromatic carbocycles. The molecule has 19 heavy (non-hydrogen) atoms. The van der Waals surface area contributed by atoms with Crippen LogP contribution < -0.4 is 5.32 Å². The molecule has 2 heterocycles. The molecule has 0 bridgehead atoms. The second-order valence-corrected chi connectivity index (χ2v) is 6.16. The summed E-state index contributed by atoms with van der Waals surface area (Å²) in [6.07, 6.45) is 0. The Hall–Kier alpha value is -1.59. The van der Waals surface area contributed by atoms with Gasteiger partial charge in [0.25, 0.3) is 0 Å². The van der Waals surface area contributed by atoms with Crippen LogP contribution in [0.25, 0.3) is 0 Å². The lowest BCUT2D eigenvalue weighted by Crippen LogP contribution is -2.72. The van der Waals surface area contributed by atoms with Gasteiger partial charge in [-0.1, -0.05) is 19.0 Å². The number of hydrogen-bond acceptors (Lipinski definition) is 4. The molecule has 1 aromatic heterocycles. The van der Waals surface area contributed by atoms with Gasteiger partial charge >= 0.3 is 0 Å². The number of hydrogen-bond donors (Lipinski definition) is 1. The van der Waals surface area contributed by atoms with Gasteiger partial charge in [-0.3, -0.25) is 4.99 Å². The van der Waals surface area contributed by atoms with E-state index in [2.05, 4.69) is 53.0 Å². The van der Waals surface area contributed by atoms with E-state index >= 15 is 0 Å². The molecule has 0 saturated carbocycles. The number of nitrogens with zero attached hydrogens (tertiary/aromatic N) is 4. The molecule has 0 spiro atoms. The highest BCUT2D eigenvalue weighted by Crippen LogP contribution is 2.46. The fourth-order valence-electron chi connectivity index (χ4n) is 2.27. The van der Waals surface area contributed by atoms with Crippen molar-refractivity contribution < 1.29 is 4.52 Å². The summed E-state index contributed by atoms with van der Waals surface area (Å²) in [6.45, 7) is 12.3. The van der Waals surface area contributed by atoms with E-state index in [0.29, 0.717) is 18.3 Å². The predicted octanol–water partition coefficient (Wildman–Crippen LogP) is 1.57. The largest absolute Gasteiger partial charge is 0.349 e. The Morgan fingerprint density at radius 3 is 2.53 bits per heavy atom. The molecule has 6 heteroatoms. The maximum Gasteiger partial charge on any atom is 0.223 e. The van der Waals surface area contributed by atoms with E-state index in [4.69, 9.17) is 4.52 Å². The summed E-state index contributed by atoms with van der Waals surface area (Å²) in [6, 6.07) is 0. The van der Waals surface area contributed by atoms with Crippen LogP contribution in [0.2, 0.25) is 0 Å². The minimum absolute atomic E-state index is 0.0853. The van der Waals surface area contributed by atoms with Crippen molar-refractivity contribution >= 4 is 5.96 Å². The molecule has 1 aliphatic rings. The molecule has 1 aliphatic heterocycles. The fraction of sp³-hybridized carbons (Fsp3) is 0.769. The summed E-state index contributed by atoms with van der Waals surface area (Å²) < 4.78 is 4.95. The van der Waals surface area contributed by atoms with Crippen LogP contribution in [0.5, 0.6) is 0 Å². The van der Waals surface area contributed by atoms with E-state index in [9.17, 15) is 0 Å². The average Bonchev–Trinajstić information content (AvgIpc) is 2.74.